The summed E-state index contributed by atoms with van der Waals surface area (Å²) in [5.74, 6) is -0.516. The van der Waals surface area contributed by atoms with Crippen molar-refractivity contribution in [1.82, 2.24) is 0 Å². The summed E-state index contributed by atoms with van der Waals surface area (Å²) in [6.07, 6.45) is 1.67. The van der Waals surface area contributed by atoms with Gasteiger partial charge in [-0.2, -0.15) is 0 Å². The van der Waals surface area contributed by atoms with Crippen molar-refractivity contribution in [1.29, 1.82) is 0 Å². The number of carbonyl (C=O) groups excluding carboxylic acids is 2. The monoisotopic (exact) mass is 464 g/mol. The standard InChI is InChI=1S/C24H17FN2O3S2/c1-30-18-11-9-16(10-12-18)22(28)26-17-6-4-5-15(13-17)14-21-23(29)27(24(31)32-21)20-8-3-2-7-19(20)25/h2-14H,1H3,(H,26,28)/b21-14-. The second-order valence-electron chi connectivity index (χ2n) is 6.78. The molecule has 1 N–H and O–H groups in total. The third-order valence-electron chi connectivity index (χ3n) is 4.68. The molecular weight excluding hydrogens is 447 g/mol. The smallest absolute Gasteiger partial charge is 0.270 e. The highest BCUT2D eigenvalue weighted by atomic mass is 32.2. The first-order chi connectivity index (χ1) is 15.5. The highest BCUT2D eigenvalue weighted by Gasteiger charge is 2.34. The summed E-state index contributed by atoms with van der Waals surface area (Å²) in [4.78, 5) is 27.0. The van der Waals surface area contributed by atoms with Crippen LogP contribution < -0.4 is 15.0 Å². The van der Waals surface area contributed by atoms with Gasteiger partial charge in [0.2, 0.25) is 0 Å². The molecule has 1 aliphatic heterocycles. The third-order valence-corrected chi connectivity index (χ3v) is 5.98. The van der Waals surface area contributed by atoms with Gasteiger partial charge < -0.3 is 10.1 Å². The normalized spacial score (nSPS) is 14.7. The van der Waals surface area contributed by atoms with E-state index in [4.69, 9.17) is 17.0 Å². The van der Waals surface area contributed by atoms with Gasteiger partial charge in [-0.1, -0.05) is 48.2 Å². The number of methoxy groups -OCH3 is 1. The summed E-state index contributed by atoms with van der Waals surface area (Å²) in [7, 11) is 1.56. The van der Waals surface area contributed by atoms with Crippen molar-refractivity contribution in [2.45, 2.75) is 0 Å². The number of nitrogens with one attached hydrogen (secondary N) is 1. The number of hydrogen-bond donors (Lipinski definition) is 1. The Morgan fingerprint density at radius 3 is 2.56 bits per heavy atom. The van der Waals surface area contributed by atoms with E-state index >= 15 is 0 Å². The Kier molecular flexibility index (Phi) is 6.34. The molecule has 3 aromatic rings. The summed E-state index contributed by atoms with van der Waals surface area (Å²) >= 11 is 6.41. The molecule has 2 amide bonds. The van der Waals surface area contributed by atoms with Gasteiger partial charge in [0, 0.05) is 11.3 Å². The summed E-state index contributed by atoms with van der Waals surface area (Å²) in [5.41, 5.74) is 1.89. The average Bonchev–Trinajstić information content (AvgIpc) is 3.07. The van der Waals surface area contributed by atoms with Crippen LogP contribution in [0.25, 0.3) is 6.08 Å². The molecule has 8 heteroatoms. The maximum absolute atomic E-state index is 14.2. The molecule has 1 fully saturated rings. The van der Waals surface area contributed by atoms with Crippen molar-refractivity contribution in [2.75, 3.05) is 17.3 Å². The molecule has 32 heavy (non-hydrogen) atoms. The number of thiocarbonyl (C=S) groups is 1. The predicted molar refractivity (Wildman–Crippen MR) is 129 cm³/mol. The number of para-hydroxylation sites is 1. The second kappa shape index (κ2) is 9.33. The van der Waals surface area contributed by atoms with E-state index in [-0.39, 0.29) is 15.9 Å². The van der Waals surface area contributed by atoms with Gasteiger partial charge in [-0.3, -0.25) is 14.5 Å². The van der Waals surface area contributed by atoms with Gasteiger partial charge in [-0.05, 0) is 60.2 Å². The number of carbonyl (C=O) groups is 2. The molecule has 0 radical (unpaired) electrons. The van der Waals surface area contributed by atoms with Crippen LogP contribution in [0.2, 0.25) is 0 Å². The van der Waals surface area contributed by atoms with E-state index in [1.165, 1.54) is 17.0 Å². The van der Waals surface area contributed by atoms with Crippen LogP contribution in [0.3, 0.4) is 0 Å². The van der Waals surface area contributed by atoms with Crippen LogP contribution in [0.15, 0.2) is 77.7 Å². The molecule has 0 aliphatic carbocycles. The fraction of sp³-hybridized carbons (Fsp3) is 0.0417. The average molecular weight is 465 g/mol. The van der Waals surface area contributed by atoms with Crippen molar-refractivity contribution in [2.24, 2.45) is 0 Å². The summed E-state index contributed by atoms with van der Waals surface area (Å²) in [6, 6.07) is 19.8. The molecule has 1 aliphatic rings. The molecule has 0 saturated carbocycles. The number of hydrogen-bond acceptors (Lipinski definition) is 5. The lowest BCUT2D eigenvalue weighted by molar-refractivity contribution is -0.113. The quantitative estimate of drug-likeness (QED) is 0.400. The Balaban J connectivity index is 1.53. The number of nitrogens with zero attached hydrogens (tertiary/aromatic N) is 1. The van der Waals surface area contributed by atoms with Gasteiger partial charge in [0.15, 0.2) is 4.32 Å². The molecule has 1 heterocycles. The topological polar surface area (TPSA) is 58.6 Å². The van der Waals surface area contributed by atoms with E-state index in [0.717, 1.165) is 11.8 Å². The summed E-state index contributed by atoms with van der Waals surface area (Å²) < 4.78 is 19.5. The van der Waals surface area contributed by atoms with Crippen LogP contribution in [-0.4, -0.2) is 23.2 Å². The fourth-order valence-corrected chi connectivity index (χ4v) is 4.40. The van der Waals surface area contributed by atoms with E-state index in [1.807, 2.05) is 0 Å². The minimum absolute atomic E-state index is 0.124. The van der Waals surface area contributed by atoms with Crippen LogP contribution in [0.4, 0.5) is 15.8 Å². The lowest BCUT2D eigenvalue weighted by Gasteiger charge is -2.14. The first-order valence-electron chi connectivity index (χ1n) is 9.54. The fourth-order valence-electron chi connectivity index (χ4n) is 3.11. The Labute approximate surface area is 193 Å². The van der Waals surface area contributed by atoms with Gasteiger partial charge >= 0.3 is 0 Å². The number of thioether (sulfide) groups is 1. The molecule has 0 aromatic heterocycles. The van der Waals surface area contributed by atoms with Crippen LogP contribution in [-0.2, 0) is 4.79 Å². The maximum Gasteiger partial charge on any atom is 0.270 e. The minimum atomic E-state index is -0.520. The summed E-state index contributed by atoms with van der Waals surface area (Å²) in [6.45, 7) is 0. The molecule has 1 saturated heterocycles. The maximum atomic E-state index is 14.2. The van der Waals surface area contributed by atoms with E-state index in [0.29, 0.717) is 27.5 Å². The van der Waals surface area contributed by atoms with E-state index in [2.05, 4.69) is 5.32 Å². The second-order valence-corrected chi connectivity index (χ2v) is 8.45. The number of anilines is 2. The Hall–Kier alpha value is -3.49. The SMILES string of the molecule is COc1ccc(C(=O)Nc2cccc(/C=C3\SC(=S)N(c4ccccc4F)C3=O)c2)cc1. The largest absolute Gasteiger partial charge is 0.497 e. The number of amides is 2. The van der Waals surface area contributed by atoms with Gasteiger partial charge in [-0.25, -0.2) is 4.39 Å². The van der Waals surface area contributed by atoms with Crippen LogP contribution in [0, 0.1) is 5.82 Å². The minimum Gasteiger partial charge on any atom is -0.497 e. The first-order valence-corrected chi connectivity index (χ1v) is 10.8. The number of benzene rings is 3. The van der Waals surface area contributed by atoms with Gasteiger partial charge in [0.05, 0.1) is 17.7 Å². The van der Waals surface area contributed by atoms with E-state index in [1.54, 1.807) is 73.8 Å². The third kappa shape index (κ3) is 4.56. The highest BCUT2D eigenvalue weighted by Crippen LogP contribution is 2.37. The van der Waals surface area contributed by atoms with Crippen molar-refractivity contribution in [3.63, 3.8) is 0 Å². The molecule has 0 bridgehead atoms. The van der Waals surface area contributed by atoms with Crippen LogP contribution in [0.5, 0.6) is 5.75 Å². The van der Waals surface area contributed by atoms with Gasteiger partial charge in [-0.15, -0.1) is 0 Å². The van der Waals surface area contributed by atoms with Crippen molar-refractivity contribution in [3.8, 4) is 5.75 Å². The molecule has 160 valence electrons. The first kappa shape index (κ1) is 21.7. The molecule has 3 aromatic carbocycles. The molecule has 0 unspecified atom stereocenters. The molecule has 0 spiro atoms. The zero-order chi connectivity index (χ0) is 22.7. The van der Waals surface area contributed by atoms with E-state index in [9.17, 15) is 14.0 Å². The van der Waals surface area contributed by atoms with Gasteiger partial charge in [0.1, 0.15) is 11.6 Å². The van der Waals surface area contributed by atoms with E-state index < -0.39 is 11.7 Å². The number of ether oxygens (including phenoxy) is 1. The van der Waals surface area contributed by atoms with Gasteiger partial charge in [0.25, 0.3) is 11.8 Å². The van der Waals surface area contributed by atoms with Crippen molar-refractivity contribution in [3.05, 3.63) is 94.6 Å². The van der Waals surface area contributed by atoms with Crippen LogP contribution in [0.1, 0.15) is 15.9 Å². The predicted octanol–water partition coefficient (Wildman–Crippen LogP) is 5.49. The molecule has 0 atom stereocenters. The lowest BCUT2D eigenvalue weighted by atomic mass is 10.1. The Morgan fingerprint density at radius 2 is 1.84 bits per heavy atom. The number of halogens is 1. The molecule has 5 nitrogen and oxygen atoms in total. The summed E-state index contributed by atoms with van der Waals surface area (Å²) in [5, 5.41) is 2.84. The van der Waals surface area contributed by atoms with Crippen molar-refractivity contribution >= 4 is 57.6 Å². The Morgan fingerprint density at radius 1 is 1.09 bits per heavy atom. The zero-order valence-electron chi connectivity index (χ0n) is 16.9. The molecular formula is C24H17FN2O3S2. The van der Waals surface area contributed by atoms with Crippen LogP contribution >= 0.6 is 24.0 Å². The lowest BCUT2D eigenvalue weighted by Crippen LogP contribution is -2.28. The highest BCUT2D eigenvalue weighted by molar-refractivity contribution is 8.27. The number of rotatable bonds is 5. The Bertz CT molecular complexity index is 1240. The molecule has 4 rings (SSSR count). The zero-order valence-corrected chi connectivity index (χ0v) is 18.5. The van der Waals surface area contributed by atoms with Crippen molar-refractivity contribution < 1.29 is 18.7 Å².